The molecule has 3 rings (SSSR count). The Hall–Kier alpha value is -0.0300. The Balaban J connectivity index is 0.00000121. The molecule has 0 aromatic heterocycles. The molecule has 1 saturated carbocycles. The minimum atomic E-state index is -0.515. The molecule has 126 valence electrons. The van der Waals surface area contributed by atoms with Gasteiger partial charge >= 0.3 is 0 Å². The fraction of sp³-hybridized carbons (Fsp3) is 0.625. The van der Waals surface area contributed by atoms with Crippen LogP contribution in [0.1, 0.15) is 30.7 Å². The van der Waals surface area contributed by atoms with E-state index in [9.17, 15) is 5.11 Å². The highest BCUT2D eigenvalue weighted by Crippen LogP contribution is 2.44. The van der Waals surface area contributed by atoms with Gasteiger partial charge in [0, 0.05) is 43.7 Å². The molecule has 0 radical (unpaired) electrons. The van der Waals surface area contributed by atoms with Gasteiger partial charge in [0.05, 0.1) is 5.60 Å². The summed E-state index contributed by atoms with van der Waals surface area (Å²) < 4.78 is 0. The third-order valence-electron chi connectivity index (χ3n) is 4.79. The molecule has 2 fully saturated rings. The van der Waals surface area contributed by atoms with Gasteiger partial charge in [-0.2, -0.15) is 0 Å². The van der Waals surface area contributed by atoms with Gasteiger partial charge in [-0.3, -0.25) is 0 Å². The molecule has 0 amide bonds. The Bertz CT molecular complexity index is 445. The molecule has 0 spiro atoms. The van der Waals surface area contributed by atoms with E-state index in [1.165, 1.54) is 5.56 Å². The number of piperazine rings is 1. The number of nitrogens with zero attached hydrogens (tertiary/aromatic N) is 1. The van der Waals surface area contributed by atoms with E-state index >= 15 is 0 Å². The first-order valence-electron chi connectivity index (χ1n) is 7.58. The molecule has 2 N–H and O–H groups in total. The summed E-state index contributed by atoms with van der Waals surface area (Å²) in [6.45, 7) is 5.18. The van der Waals surface area contributed by atoms with E-state index in [2.05, 4.69) is 22.3 Å². The topological polar surface area (TPSA) is 35.5 Å². The van der Waals surface area contributed by atoms with E-state index in [1.807, 2.05) is 12.1 Å². The second-order valence-electron chi connectivity index (χ2n) is 6.11. The molecule has 22 heavy (non-hydrogen) atoms. The van der Waals surface area contributed by atoms with Crippen molar-refractivity contribution in [2.24, 2.45) is 0 Å². The molecule has 1 aromatic rings. The number of rotatable bonds is 4. The van der Waals surface area contributed by atoms with Crippen molar-refractivity contribution >= 4 is 36.4 Å². The van der Waals surface area contributed by atoms with E-state index < -0.39 is 5.60 Å². The van der Waals surface area contributed by atoms with Crippen LogP contribution in [0.5, 0.6) is 0 Å². The Morgan fingerprint density at radius 1 is 1.14 bits per heavy atom. The van der Waals surface area contributed by atoms with Crippen molar-refractivity contribution < 1.29 is 5.11 Å². The predicted molar refractivity (Wildman–Crippen MR) is 96.8 cm³/mol. The van der Waals surface area contributed by atoms with Crippen LogP contribution < -0.4 is 5.32 Å². The zero-order chi connectivity index (χ0) is 14.0. The Morgan fingerprint density at radius 3 is 2.23 bits per heavy atom. The van der Waals surface area contributed by atoms with E-state index in [0.29, 0.717) is 0 Å². The molecule has 6 heteroatoms. The van der Waals surface area contributed by atoms with E-state index in [-0.39, 0.29) is 30.7 Å². The maximum atomic E-state index is 10.8. The van der Waals surface area contributed by atoms with Crippen LogP contribution in [0.2, 0.25) is 5.02 Å². The summed E-state index contributed by atoms with van der Waals surface area (Å²) in [6, 6.07) is 8.02. The summed E-state index contributed by atoms with van der Waals surface area (Å²) in [7, 11) is 0. The zero-order valence-electron chi connectivity index (χ0n) is 12.6. The maximum absolute atomic E-state index is 10.8. The summed E-state index contributed by atoms with van der Waals surface area (Å²) in [5, 5.41) is 15.0. The maximum Gasteiger partial charge on any atom is 0.0728 e. The number of nitrogens with one attached hydrogen (secondary N) is 1. The summed E-state index contributed by atoms with van der Waals surface area (Å²) in [6.07, 6.45) is 2.99. The second kappa shape index (κ2) is 8.72. The highest BCUT2D eigenvalue weighted by molar-refractivity contribution is 6.30. The van der Waals surface area contributed by atoms with Crippen molar-refractivity contribution in [3.63, 3.8) is 0 Å². The van der Waals surface area contributed by atoms with Crippen LogP contribution >= 0.6 is 36.4 Å². The molecule has 1 heterocycles. The van der Waals surface area contributed by atoms with Gasteiger partial charge in [0.1, 0.15) is 0 Å². The Labute approximate surface area is 150 Å². The molecule has 2 aliphatic rings. The zero-order valence-corrected chi connectivity index (χ0v) is 15.0. The number of hydrogen-bond donors (Lipinski definition) is 2. The smallest absolute Gasteiger partial charge is 0.0728 e. The minimum Gasteiger partial charge on any atom is -0.389 e. The van der Waals surface area contributed by atoms with E-state index in [0.717, 1.165) is 57.0 Å². The van der Waals surface area contributed by atoms with Crippen molar-refractivity contribution in [3.05, 3.63) is 34.9 Å². The molecule has 1 aliphatic carbocycles. The van der Waals surface area contributed by atoms with E-state index in [4.69, 9.17) is 11.6 Å². The highest BCUT2D eigenvalue weighted by Gasteiger charge is 2.43. The number of halogens is 3. The summed E-state index contributed by atoms with van der Waals surface area (Å²) >= 11 is 5.99. The van der Waals surface area contributed by atoms with Crippen LogP contribution in [0.15, 0.2) is 24.3 Å². The van der Waals surface area contributed by atoms with Gasteiger partial charge in [-0.1, -0.05) is 23.7 Å². The van der Waals surface area contributed by atoms with Crippen LogP contribution in [0, 0.1) is 0 Å². The van der Waals surface area contributed by atoms with Gasteiger partial charge in [-0.05, 0) is 37.0 Å². The van der Waals surface area contributed by atoms with Crippen LogP contribution in [0.3, 0.4) is 0 Å². The van der Waals surface area contributed by atoms with Crippen molar-refractivity contribution in [1.82, 2.24) is 10.2 Å². The van der Waals surface area contributed by atoms with Crippen molar-refractivity contribution in [1.29, 1.82) is 0 Å². The molecule has 1 atom stereocenters. The summed E-state index contributed by atoms with van der Waals surface area (Å²) in [5.74, 6) is 0.201. The Kier molecular flexibility index (Phi) is 7.93. The van der Waals surface area contributed by atoms with Gasteiger partial charge < -0.3 is 15.3 Å². The monoisotopic (exact) mass is 366 g/mol. The molecular formula is C16H25Cl3N2O. The lowest BCUT2D eigenvalue weighted by Crippen LogP contribution is -2.51. The van der Waals surface area contributed by atoms with E-state index in [1.54, 1.807) is 0 Å². The fourth-order valence-electron chi connectivity index (χ4n) is 3.32. The average molecular weight is 368 g/mol. The van der Waals surface area contributed by atoms with Gasteiger partial charge in [0.25, 0.3) is 0 Å². The first-order valence-corrected chi connectivity index (χ1v) is 7.96. The summed E-state index contributed by atoms with van der Waals surface area (Å²) in [4.78, 5) is 2.46. The van der Waals surface area contributed by atoms with Gasteiger partial charge in [-0.25, -0.2) is 0 Å². The molecular weight excluding hydrogens is 343 g/mol. The lowest BCUT2D eigenvalue weighted by Gasteiger charge is -2.46. The van der Waals surface area contributed by atoms with Crippen LogP contribution in [-0.2, 0) is 0 Å². The van der Waals surface area contributed by atoms with Crippen LogP contribution in [0.25, 0.3) is 0 Å². The standard InChI is InChI=1S/C16H23ClN2O.2ClH/c17-14-4-2-13(3-5-14)15(16(20)6-1-7-16)12-19-10-8-18-9-11-19;;/h2-5,15,18,20H,1,6-12H2;2*1H. The largest absolute Gasteiger partial charge is 0.389 e. The Morgan fingerprint density at radius 2 is 1.73 bits per heavy atom. The predicted octanol–water partition coefficient (Wildman–Crippen LogP) is 3.09. The van der Waals surface area contributed by atoms with Crippen molar-refractivity contribution in [2.45, 2.75) is 30.8 Å². The number of hydrogen-bond acceptors (Lipinski definition) is 3. The SMILES string of the molecule is Cl.Cl.OC1(C(CN2CCNCC2)c2ccc(Cl)cc2)CCC1. The highest BCUT2D eigenvalue weighted by atomic mass is 35.5. The van der Waals surface area contributed by atoms with Crippen molar-refractivity contribution in [3.8, 4) is 0 Å². The molecule has 1 aromatic carbocycles. The van der Waals surface area contributed by atoms with Gasteiger partial charge in [-0.15, -0.1) is 24.8 Å². The molecule has 1 unspecified atom stereocenters. The first-order chi connectivity index (χ1) is 9.67. The second-order valence-corrected chi connectivity index (χ2v) is 6.55. The molecule has 1 saturated heterocycles. The van der Waals surface area contributed by atoms with Crippen molar-refractivity contribution in [2.75, 3.05) is 32.7 Å². The molecule has 0 bridgehead atoms. The number of benzene rings is 1. The average Bonchev–Trinajstić information content (AvgIpc) is 2.45. The fourth-order valence-corrected chi connectivity index (χ4v) is 3.45. The van der Waals surface area contributed by atoms with Gasteiger partial charge in [0.2, 0.25) is 0 Å². The molecule has 1 aliphatic heterocycles. The van der Waals surface area contributed by atoms with Gasteiger partial charge in [0.15, 0.2) is 0 Å². The first kappa shape index (κ1) is 20.0. The quantitative estimate of drug-likeness (QED) is 0.858. The molecule has 3 nitrogen and oxygen atoms in total. The normalized spacial score (nSPS) is 21.9. The lowest BCUT2D eigenvalue weighted by atomic mass is 9.68. The third kappa shape index (κ3) is 4.50. The van der Waals surface area contributed by atoms with Crippen LogP contribution in [-0.4, -0.2) is 48.3 Å². The number of aliphatic hydroxyl groups is 1. The lowest BCUT2D eigenvalue weighted by molar-refractivity contribution is -0.0652. The third-order valence-corrected chi connectivity index (χ3v) is 5.04. The van der Waals surface area contributed by atoms with Crippen LogP contribution in [0.4, 0.5) is 0 Å². The minimum absolute atomic E-state index is 0. The summed E-state index contributed by atoms with van der Waals surface area (Å²) in [5.41, 5.74) is 0.703.